The van der Waals surface area contributed by atoms with E-state index in [0.717, 1.165) is 5.39 Å². The van der Waals surface area contributed by atoms with Crippen molar-refractivity contribution < 1.29 is 14.3 Å². The Bertz CT molecular complexity index is 571. The summed E-state index contributed by atoms with van der Waals surface area (Å²) in [5.74, 6) is 0.413. The number of hydrogen-bond acceptors (Lipinski definition) is 4. The van der Waals surface area contributed by atoms with Crippen LogP contribution in [-0.4, -0.2) is 31.1 Å². The standard InChI is InChI=1S/C13H12ClNO3/c1-17-7-9(16)8-18-12-5-4-11(14)10-3-2-6-15-13(10)12/h2-6H,7-8H2,1H3. The van der Waals surface area contributed by atoms with Crippen molar-refractivity contribution >= 4 is 28.3 Å². The quantitative estimate of drug-likeness (QED) is 0.833. The Morgan fingerprint density at radius 1 is 1.33 bits per heavy atom. The fraction of sp³-hybridized carbons (Fsp3) is 0.231. The zero-order valence-corrected chi connectivity index (χ0v) is 10.6. The molecule has 0 atom stereocenters. The average Bonchev–Trinajstić information content (AvgIpc) is 2.39. The fourth-order valence-electron chi connectivity index (χ4n) is 1.59. The van der Waals surface area contributed by atoms with Crippen LogP contribution in [0.2, 0.25) is 5.02 Å². The summed E-state index contributed by atoms with van der Waals surface area (Å²) in [5.41, 5.74) is 0.648. The lowest BCUT2D eigenvalue weighted by molar-refractivity contribution is -0.124. The maximum absolute atomic E-state index is 11.3. The van der Waals surface area contributed by atoms with Crippen LogP contribution in [0.1, 0.15) is 0 Å². The first-order valence-electron chi connectivity index (χ1n) is 5.39. The van der Waals surface area contributed by atoms with Gasteiger partial charge in [0.1, 0.15) is 24.5 Å². The molecule has 0 fully saturated rings. The first-order valence-corrected chi connectivity index (χ1v) is 5.77. The lowest BCUT2D eigenvalue weighted by Crippen LogP contribution is -2.16. The van der Waals surface area contributed by atoms with Gasteiger partial charge in [-0.3, -0.25) is 9.78 Å². The zero-order chi connectivity index (χ0) is 13.0. The third kappa shape index (κ3) is 2.78. The number of hydrogen-bond donors (Lipinski definition) is 0. The van der Waals surface area contributed by atoms with E-state index >= 15 is 0 Å². The number of Topliss-reactive ketones (excluding diaryl/α,β-unsaturated/α-hetero) is 1. The summed E-state index contributed by atoms with van der Waals surface area (Å²) in [6.45, 7) is 0.0000967. The lowest BCUT2D eigenvalue weighted by Gasteiger charge is -2.08. The second kappa shape index (κ2) is 5.80. The van der Waals surface area contributed by atoms with E-state index in [1.165, 1.54) is 7.11 Å². The smallest absolute Gasteiger partial charge is 0.195 e. The van der Waals surface area contributed by atoms with Gasteiger partial charge in [-0.05, 0) is 24.3 Å². The molecule has 0 aliphatic heterocycles. The van der Waals surface area contributed by atoms with Crippen LogP contribution < -0.4 is 4.74 Å². The highest BCUT2D eigenvalue weighted by molar-refractivity contribution is 6.35. The first-order chi connectivity index (χ1) is 8.72. The van der Waals surface area contributed by atoms with Crippen molar-refractivity contribution in [2.24, 2.45) is 0 Å². The van der Waals surface area contributed by atoms with Crippen LogP contribution in [0.5, 0.6) is 5.75 Å². The maximum atomic E-state index is 11.3. The summed E-state index contributed by atoms with van der Waals surface area (Å²) in [6.07, 6.45) is 1.66. The van der Waals surface area contributed by atoms with E-state index in [9.17, 15) is 4.79 Å². The van der Waals surface area contributed by atoms with Gasteiger partial charge in [-0.1, -0.05) is 11.6 Å². The molecule has 2 rings (SSSR count). The van der Waals surface area contributed by atoms with E-state index < -0.39 is 0 Å². The number of carbonyl (C=O) groups excluding carboxylic acids is 1. The van der Waals surface area contributed by atoms with E-state index in [0.29, 0.717) is 16.3 Å². The van der Waals surface area contributed by atoms with Crippen LogP contribution in [0.25, 0.3) is 10.9 Å². The molecule has 1 heterocycles. The molecule has 0 aliphatic rings. The third-order valence-corrected chi connectivity index (χ3v) is 2.70. The predicted molar refractivity (Wildman–Crippen MR) is 69.1 cm³/mol. The molecule has 0 radical (unpaired) electrons. The van der Waals surface area contributed by atoms with Gasteiger partial charge in [-0.2, -0.15) is 0 Å². The minimum Gasteiger partial charge on any atom is -0.483 e. The molecule has 2 aromatic rings. The SMILES string of the molecule is COCC(=O)COc1ccc(Cl)c2cccnc12. The molecule has 0 saturated carbocycles. The van der Waals surface area contributed by atoms with Gasteiger partial charge in [0.2, 0.25) is 0 Å². The van der Waals surface area contributed by atoms with Crippen molar-refractivity contribution in [3.8, 4) is 5.75 Å². The molecular formula is C13H12ClNO3. The molecule has 1 aromatic carbocycles. The van der Waals surface area contributed by atoms with Crippen molar-refractivity contribution in [1.29, 1.82) is 0 Å². The second-order valence-electron chi connectivity index (χ2n) is 3.71. The monoisotopic (exact) mass is 265 g/mol. The molecular weight excluding hydrogens is 254 g/mol. The highest BCUT2D eigenvalue weighted by atomic mass is 35.5. The Kier molecular flexibility index (Phi) is 4.12. The topological polar surface area (TPSA) is 48.4 Å². The maximum Gasteiger partial charge on any atom is 0.195 e. The molecule has 18 heavy (non-hydrogen) atoms. The fourth-order valence-corrected chi connectivity index (χ4v) is 1.80. The molecule has 0 amide bonds. The minimum absolute atomic E-state index is 0.0405. The first kappa shape index (κ1) is 12.8. The van der Waals surface area contributed by atoms with Crippen molar-refractivity contribution in [1.82, 2.24) is 4.98 Å². The molecule has 0 N–H and O–H groups in total. The number of ketones is 1. The van der Waals surface area contributed by atoms with Gasteiger partial charge in [0, 0.05) is 18.7 Å². The Hall–Kier alpha value is -1.65. The molecule has 0 aliphatic carbocycles. The Morgan fingerprint density at radius 3 is 2.94 bits per heavy atom. The van der Waals surface area contributed by atoms with Crippen LogP contribution in [0, 0.1) is 0 Å². The number of pyridine rings is 1. The predicted octanol–water partition coefficient (Wildman–Crippen LogP) is 2.48. The van der Waals surface area contributed by atoms with E-state index in [4.69, 9.17) is 21.1 Å². The number of benzene rings is 1. The van der Waals surface area contributed by atoms with Gasteiger partial charge >= 0.3 is 0 Å². The Morgan fingerprint density at radius 2 is 2.17 bits per heavy atom. The van der Waals surface area contributed by atoms with Gasteiger partial charge in [0.05, 0.1) is 5.02 Å². The number of methoxy groups -OCH3 is 1. The number of nitrogens with zero attached hydrogens (tertiary/aromatic N) is 1. The average molecular weight is 266 g/mol. The Balaban J connectivity index is 2.24. The van der Waals surface area contributed by atoms with Crippen LogP contribution in [0.15, 0.2) is 30.5 Å². The van der Waals surface area contributed by atoms with Gasteiger partial charge in [0.25, 0.3) is 0 Å². The molecule has 0 bridgehead atoms. The van der Waals surface area contributed by atoms with E-state index in [1.54, 1.807) is 24.4 Å². The number of fused-ring (bicyclic) bond motifs is 1. The summed E-state index contributed by atoms with van der Waals surface area (Å²) in [7, 11) is 1.47. The van der Waals surface area contributed by atoms with Crippen molar-refractivity contribution in [2.45, 2.75) is 0 Å². The number of rotatable bonds is 5. The molecule has 94 valence electrons. The van der Waals surface area contributed by atoms with E-state index in [-0.39, 0.29) is 19.0 Å². The van der Waals surface area contributed by atoms with Gasteiger partial charge < -0.3 is 9.47 Å². The van der Waals surface area contributed by atoms with E-state index in [2.05, 4.69) is 4.98 Å². The third-order valence-electron chi connectivity index (χ3n) is 2.37. The summed E-state index contributed by atoms with van der Waals surface area (Å²) in [5, 5.41) is 1.41. The largest absolute Gasteiger partial charge is 0.483 e. The highest BCUT2D eigenvalue weighted by Crippen LogP contribution is 2.29. The molecule has 1 aromatic heterocycles. The minimum atomic E-state index is -0.128. The molecule has 0 saturated heterocycles. The van der Waals surface area contributed by atoms with Crippen LogP contribution in [0.4, 0.5) is 0 Å². The van der Waals surface area contributed by atoms with Crippen LogP contribution in [-0.2, 0) is 9.53 Å². The van der Waals surface area contributed by atoms with Gasteiger partial charge in [-0.25, -0.2) is 0 Å². The molecule has 0 spiro atoms. The number of aromatic nitrogens is 1. The molecule has 0 unspecified atom stereocenters. The summed E-state index contributed by atoms with van der Waals surface area (Å²) >= 11 is 6.06. The Labute approximate surface area is 109 Å². The van der Waals surface area contributed by atoms with Crippen molar-refractivity contribution in [2.75, 3.05) is 20.3 Å². The summed E-state index contributed by atoms with van der Waals surface area (Å²) < 4.78 is 10.2. The highest BCUT2D eigenvalue weighted by Gasteiger charge is 2.08. The van der Waals surface area contributed by atoms with Crippen LogP contribution in [0.3, 0.4) is 0 Å². The van der Waals surface area contributed by atoms with Crippen LogP contribution >= 0.6 is 11.6 Å². The van der Waals surface area contributed by atoms with E-state index in [1.807, 2.05) is 6.07 Å². The van der Waals surface area contributed by atoms with Gasteiger partial charge in [-0.15, -0.1) is 0 Å². The van der Waals surface area contributed by atoms with Crippen molar-refractivity contribution in [3.05, 3.63) is 35.5 Å². The van der Waals surface area contributed by atoms with Crippen molar-refractivity contribution in [3.63, 3.8) is 0 Å². The lowest BCUT2D eigenvalue weighted by atomic mass is 10.2. The number of halogens is 1. The number of carbonyl (C=O) groups is 1. The summed E-state index contributed by atoms with van der Waals surface area (Å²) in [6, 6.07) is 7.09. The molecule has 5 heteroatoms. The normalized spacial score (nSPS) is 10.6. The number of ether oxygens (including phenoxy) is 2. The second-order valence-corrected chi connectivity index (χ2v) is 4.11. The van der Waals surface area contributed by atoms with Gasteiger partial charge in [0.15, 0.2) is 5.78 Å². The summed E-state index contributed by atoms with van der Waals surface area (Å²) in [4.78, 5) is 15.5. The molecule has 4 nitrogen and oxygen atoms in total. The zero-order valence-electron chi connectivity index (χ0n) is 9.85.